The Balaban J connectivity index is 4.59. The van der Waals surface area contributed by atoms with Crippen molar-refractivity contribution in [1.29, 1.82) is 0 Å². The Morgan fingerprint density at radius 3 is 1.94 bits per heavy atom. The molecule has 0 aromatic rings. The van der Waals surface area contributed by atoms with Crippen molar-refractivity contribution < 1.29 is 19.1 Å². The van der Waals surface area contributed by atoms with E-state index in [1.54, 1.807) is 0 Å². The van der Waals surface area contributed by atoms with Crippen molar-refractivity contribution in [3.63, 3.8) is 0 Å². The van der Waals surface area contributed by atoms with Crippen LogP contribution < -0.4 is 5.32 Å². The normalized spacial score (nSPS) is 14.4. The molecule has 0 bridgehead atoms. The fourth-order valence-electron chi connectivity index (χ4n) is 1.37. The highest BCUT2D eigenvalue weighted by Crippen LogP contribution is 2.07. The first kappa shape index (κ1) is 14.9. The van der Waals surface area contributed by atoms with Crippen molar-refractivity contribution in [3.05, 3.63) is 0 Å². The second-order valence-corrected chi connectivity index (χ2v) is 3.90. The summed E-state index contributed by atoms with van der Waals surface area (Å²) in [7, 11) is 2.66. The standard InChI is InChI=1S/C11H21NO4/c1-6-8(10(13)15-4)12-9(7(2)3)11(14)16-5/h7-9,12H,6H2,1-5H3/t8?,9-/m0/s1. The van der Waals surface area contributed by atoms with Gasteiger partial charge in [0.15, 0.2) is 0 Å². The predicted octanol–water partition coefficient (Wildman–Crippen LogP) is 0.725. The van der Waals surface area contributed by atoms with Gasteiger partial charge in [0.2, 0.25) is 0 Å². The average Bonchev–Trinajstić information content (AvgIpc) is 2.28. The van der Waals surface area contributed by atoms with Gasteiger partial charge in [0, 0.05) is 0 Å². The maximum Gasteiger partial charge on any atom is 0.323 e. The van der Waals surface area contributed by atoms with E-state index in [-0.39, 0.29) is 17.9 Å². The lowest BCUT2D eigenvalue weighted by Crippen LogP contribution is -2.50. The first-order valence-electron chi connectivity index (χ1n) is 5.39. The fraction of sp³-hybridized carbons (Fsp3) is 0.818. The van der Waals surface area contributed by atoms with Gasteiger partial charge in [0.1, 0.15) is 12.1 Å². The van der Waals surface area contributed by atoms with E-state index in [0.29, 0.717) is 6.42 Å². The number of carbonyl (C=O) groups excluding carboxylic acids is 2. The van der Waals surface area contributed by atoms with Crippen LogP contribution in [-0.4, -0.2) is 38.2 Å². The molecule has 0 aliphatic heterocycles. The van der Waals surface area contributed by atoms with Crippen molar-refractivity contribution in [2.24, 2.45) is 5.92 Å². The smallest absolute Gasteiger partial charge is 0.323 e. The van der Waals surface area contributed by atoms with Crippen LogP contribution in [0.25, 0.3) is 0 Å². The highest BCUT2D eigenvalue weighted by Gasteiger charge is 2.28. The van der Waals surface area contributed by atoms with Crippen LogP contribution >= 0.6 is 0 Å². The predicted molar refractivity (Wildman–Crippen MR) is 59.9 cm³/mol. The van der Waals surface area contributed by atoms with Gasteiger partial charge in [0.05, 0.1) is 14.2 Å². The van der Waals surface area contributed by atoms with Crippen LogP contribution in [0, 0.1) is 5.92 Å². The summed E-state index contributed by atoms with van der Waals surface area (Å²) < 4.78 is 9.32. The van der Waals surface area contributed by atoms with Crippen molar-refractivity contribution in [3.8, 4) is 0 Å². The van der Waals surface area contributed by atoms with Gasteiger partial charge in [-0.05, 0) is 12.3 Å². The summed E-state index contributed by atoms with van der Waals surface area (Å²) >= 11 is 0. The van der Waals surface area contributed by atoms with Gasteiger partial charge in [-0.25, -0.2) is 0 Å². The molecule has 0 rings (SSSR count). The molecule has 0 saturated heterocycles. The average molecular weight is 231 g/mol. The highest BCUT2D eigenvalue weighted by atomic mass is 16.5. The van der Waals surface area contributed by atoms with Gasteiger partial charge in [-0.2, -0.15) is 0 Å². The Kier molecular flexibility index (Phi) is 6.72. The van der Waals surface area contributed by atoms with E-state index in [2.05, 4.69) is 14.8 Å². The largest absolute Gasteiger partial charge is 0.468 e. The lowest BCUT2D eigenvalue weighted by molar-refractivity contribution is -0.147. The molecule has 0 aromatic carbocycles. The molecule has 0 aliphatic rings. The van der Waals surface area contributed by atoms with E-state index < -0.39 is 12.1 Å². The van der Waals surface area contributed by atoms with Gasteiger partial charge >= 0.3 is 11.9 Å². The summed E-state index contributed by atoms with van der Waals surface area (Å²) in [6, 6.07) is -0.967. The molecule has 94 valence electrons. The molecule has 0 fully saturated rings. The fourth-order valence-corrected chi connectivity index (χ4v) is 1.37. The molecular weight excluding hydrogens is 210 g/mol. The van der Waals surface area contributed by atoms with Gasteiger partial charge < -0.3 is 9.47 Å². The third kappa shape index (κ3) is 4.18. The topological polar surface area (TPSA) is 64.6 Å². The number of carbonyl (C=O) groups is 2. The van der Waals surface area contributed by atoms with E-state index in [4.69, 9.17) is 0 Å². The van der Waals surface area contributed by atoms with Crippen LogP contribution in [0.2, 0.25) is 0 Å². The molecule has 1 N–H and O–H groups in total. The number of rotatable bonds is 6. The Hall–Kier alpha value is -1.10. The Bertz CT molecular complexity index is 240. The molecule has 5 heteroatoms. The van der Waals surface area contributed by atoms with E-state index in [0.717, 1.165) is 0 Å². The Morgan fingerprint density at radius 1 is 1.12 bits per heavy atom. The van der Waals surface area contributed by atoms with Gasteiger partial charge in [-0.15, -0.1) is 0 Å². The van der Waals surface area contributed by atoms with Crippen LogP contribution in [0.3, 0.4) is 0 Å². The first-order valence-corrected chi connectivity index (χ1v) is 5.39. The van der Waals surface area contributed by atoms with E-state index in [1.807, 2.05) is 20.8 Å². The molecule has 0 aromatic heterocycles. The van der Waals surface area contributed by atoms with Crippen LogP contribution in [0.4, 0.5) is 0 Å². The Labute approximate surface area is 96.5 Å². The third-order valence-corrected chi connectivity index (χ3v) is 2.40. The zero-order valence-corrected chi connectivity index (χ0v) is 10.6. The van der Waals surface area contributed by atoms with Gasteiger partial charge in [0.25, 0.3) is 0 Å². The monoisotopic (exact) mass is 231 g/mol. The number of nitrogens with one attached hydrogen (secondary N) is 1. The second-order valence-electron chi connectivity index (χ2n) is 3.90. The summed E-state index contributed by atoms with van der Waals surface area (Å²) in [4.78, 5) is 22.9. The molecule has 0 amide bonds. The maximum absolute atomic E-state index is 11.5. The molecule has 2 atom stereocenters. The Morgan fingerprint density at radius 2 is 1.62 bits per heavy atom. The number of esters is 2. The van der Waals surface area contributed by atoms with Crippen LogP contribution in [0.5, 0.6) is 0 Å². The van der Waals surface area contributed by atoms with Gasteiger partial charge in [-0.3, -0.25) is 14.9 Å². The van der Waals surface area contributed by atoms with Crippen LogP contribution in [-0.2, 0) is 19.1 Å². The second kappa shape index (κ2) is 7.22. The highest BCUT2D eigenvalue weighted by molar-refractivity contribution is 5.79. The zero-order chi connectivity index (χ0) is 12.7. The zero-order valence-electron chi connectivity index (χ0n) is 10.6. The molecule has 0 spiro atoms. The van der Waals surface area contributed by atoms with Crippen LogP contribution in [0.15, 0.2) is 0 Å². The first-order chi connectivity index (χ1) is 7.47. The summed E-state index contributed by atoms with van der Waals surface area (Å²) in [5.74, 6) is -0.680. The van der Waals surface area contributed by atoms with Crippen LogP contribution in [0.1, 0.15) is 27.2 Å². The lowest BCUT2D eigenvalue weighted by atomic mass is 10.0. The third-order valence-electron chi connectivity index (χ3n) is 2.40. The number of hydrogen-bond acceptors (Lipinski definition) is 5. The molecule has 0 radical (unpaired) electrons. The number of methoxy groups -OCH3 is 2. The minimum atomic E-state index is -0.492. The molecule has 16 heavy (non-hydrogen) atoms. The molecular formula is C11H21NO4. The summed E-state index contributed by atoms with van der Waals surface area (Å²) in [6.45, 7) is 5.63. The quantitative estimate of drug-likeness (QED) is 0.682. The molecule has 0 aliphatic carbocycles. The SMILES string of the molecule is CCC(N[C@H](C(=O)OC)C(C)C)C(=O)OC. The molecule has 0 heterocycles. The van der Waals surface area contributed by atoms with Gasteiger partial charge in [-0.1, -0.05) is 20.8 Å². The minimum Gasteiger partial charge on any atom is -0.468 e. The maximum atomic E-state index is 11.5. The molecule has 0 saturated carbocycles. The number of ether oxygens (including phenoxy) is 2. The van der Waals surface area contributed by atoms with E-state index in [9.17, 15) is 9.59 Å². The summed E-state index contributed by atoms with van der Waals surface area (Å²) in [5.41, 5.74) is 0. The summed E-state index contributed by atoms with van der Waals surface area (Å²) in [5, 5.41) is 2.96. The molecule has 5 nitrogen and oxygen atoms in total. The van der Waals surface area contributed by atoms with E-state index in [1.165, 1.54) is 14.2 Å². The van der Waals surface area contributed by atoms with Crippen molar-refractivity contribution in [2.75, 3.05) is 14.2 Å². The number of hydrogen-bond donors (Lipinski definition) is 1. The molecule has 1 unspecified atom stereocenters. The van der Waals surface area contributed by atoms with E-state index >= 15 is 0 Å². The van der Waals surface area contributed by atoms with Crippen molar-refractivity contribution >= 4 is 11.9 Å². The van der Waals surface area contributed by atoms with Crippen molar-refractivity contribution in [1.82, 2.24) is 5.32 Å². The minimum absolute atomic E-state index is 0.0474. The lowest BCUT2D eigenvalue weighted by Gasteiger charge is -2.24. The summed E-state index contributed by atoms with van der Waals surface area (Å²) in [6.07, 6.45) is 0.562. The van der Waals surface area contributed by atoms with Crippen molar-refractivity contribution in [2.45, 2.75) is 39.3 Å².